The van der Waals surface area contributed by atoms with Crippen molar-refractivity contribution in [1.29, 1.82) is 0 Å². The van der Waals surface area contributed by atoms with Gasteiger partial charge in [0.15, 0.2) is 5.03 Å². The fraction of sp³-hybridized carbons (Fsp3) is 0.750. The van der Waals surface area contributed by atoms with Gasteiger partial charge in [-0.05, 0) is 26.7 Å². The Hall–Kier alpha value is -2.03. The van der Waals surface area contributed by atoms with Gasteiger partial charge in [0, 0.05) is 13.7 Å². The molecule has 21 heavy (non-hydrogen) atoms. The zero-order chi connectivity index (χ0) is 15.8. The van der Waals surface area contributed by atoms with Crippen LogP contribution in [-0.2, 0) is 14.3 Å². The third-order valence-electron chi connectivity index (χ3n) is 3.74. The highest BCUT2D eigenvalue weighted by Gasteiger charge is 2.50. The second-order valence-corrected chi connectivity index (χ2v) is 5.68. The molecule has 2 saturated heterocycles. The van der Waals surface area contributed by atoms with Crippen molar-refractivity contribution in [1.82, 2.24) is 9.80 Å². The first-order chi connectivity index (χ1) is 9.75. The minimum atomic E-state index is -1.27. The van der Waals surface area contributed by atoms with Gasteiger partial charge in [0.05, 0.1) is 12.6 Å². The number of amides is 2. The van der Waals surface area contributed by atoms with E-state index in [9.17, 15) is 19.7 Å². The van der Waals surface area contributed by atoms with Crippen molar-refractivity contribution in [2.75, 3.05) is 20.2 Å². The molecule has 2 amide bonds. The van der Waals surface area contributed by atoms with Crippen molar-refractivity contribution in [3.8, 4) is 0 Å². The fourth-order valence-electron chi connectivity index (χ4n) is 2.56. The van der Waals surface area contributed by atoms with E-state index in [-0.39, 0.29) is 18.6 Å². The maximum absolute atomic E-state index is 12.5. The van der Waals surface area contributed by atoms with E-state index in [1.54, 1.807) is 0 Å². The summed E-state index contributed by atoms with van der Waals surface area (Å²) in [5.41, 5.74) is -1.27. The Morgan fingerprint density at radius 2 is 2.10 bits per heavy atom. The third kappa shape index (κ3) is 2.73. The number of guanidine groups is 1. The van der Waals surface area contributed by atoms with E-state index < -0.39 is 22.3 Å². The molecule has 2 fully saturated rings. The van der Waals surface area contributed by atoms with Crippen LogP contribution in [0.2, 0.25) is 0 Å². The van der Waals surface area contributed by atoms with Crippen molar-refractivity contribution in [3.63, 3.8) is 0 Å². The van der Waals surface area contributed by atoms with Gasteiger partial charge in [-0.25, -0.2) is 10.1 Å². The molecule has 0 aromatic carbocycles. The van der Waals surface area contributed by atoms with Crippen LogP contribution < -0.4 is 0 Å². The van der Waals surface area contributed by atoms with Crippen molar-refractivity contribution in [2.24, 2.45) is 10.5 Å². The highest BCUT2D eigenvalue weighted by atomic mass is 16.7. The number of nitro groups is 1. The van der Waals surface area contributed by atoms with Gasteiger partial charge >= 0.3 is 0 Å². The Morgan fingerprint density at radius 1 is 1.43 bits per heavy atom. The van der Waals surface area contributed by atoms with E-state index in [0.717, 1.165) is 17.7 Å². The van der Waals surface area contributed by atoms with Gasteiger partial charge in [0.1, 0.15) is 10.5 Å². The Kier molecular flexibility index (Phi) is 3.95. The van der Waals surface area contributed by atoms with Gasteiger partial charge in [0.25, 0.3) is 5.96 Å². The lowest BCUT2D eigenvalue weighted by Gasteiger charge is -2.40. The highest BCUT2D eigenvalue weighted by Crippen LogP contribution is 2.29. The largest absolute Gasteiger partial charge is 0.376 e. The molecule has 9 nitrogen and oxygen atoms in total. The molecule has 1 unspecified atom stereocenters. The molecular weight excluding hydrogens is 280 g/mol. The summed E-state index contributed by atoms with van der Waals surface area (Å²) in [5.74, 6) is -1.27. The van der Waals surface area contributed by atoms with Crippen LogP contribution >= 0.6 is 0 Å². The Morgan fingerprint density at radius 3 is 2.62 bits per heavy atom. The number of hydrogen-bond acceptors (Lipinski definition) is 5. The predicted octanol–water partition coefficient (Wildman–Crippen LogP) is 0.0399. The van der Waals surface area contributed by atoms with Gasteiger partial charge in [-0.1, -0.05) is 0 Å². The summed E-state index contributed by atoms with van der Waals surface area (Å²) in [6.07, 6.45) is 1.46. The van der Waals surface area contributed by atoms with Crippen LogP contribution in [-0.4, -0.2) is 58.9 Å². The van der Waals surface area contributed by atoms with E-state index in [4.69, 9.17) is 4.74 Å². The van der Waals surface area contributed by atoms with Gasteiger partial charge in [0.2, 0.25) is 11.8 Å². The minimum absolute atomic E-state index is 0.159. The maximum Gasteiger partial charge on any atom is 0.287 e. The molecule has 1 atom stereocenters. The van der Waals surface area contributed by atoms with Crippen LogP contribution in [0, 0.1) is 15.5 Å². The van der Waals surface area contributed by atoms with Crippen molar-refractivity contribution < 1.29 is 19.4 Å². The SMILES string of the molecule is CN1C(=O)C(C)(C)C(=O)N(CC2CCCO2)/C1=N/[N+](=O)[O-]. The Balaban J connectivity index is 2.36. The summed E-state index contributed by atoms with van der Waals surface area (Å²) in [4.78, 5) is 37.6. The van der Waals surface area contributed by atoms with Crippen LogP contribution in [0.1, 0.15) is 26.7 Å². The standard InChI is InChI=1S/C12H18N4O5/c1-12(2)9(17)14(3)11(13-16(19)20)15(10(12)18)7-8-5-4-6-21-8/h8H,4-7H2,1-3H3/b13-11+. The quantitative estimate of drug-likeness (QED) is 0.415. The molecule has 0 saturated carbocycles. The van der Waals surface area contributed by atoms with Crippen LogP contribution in [0.4, 0.5) is 0 Å². The minimum Gasteiger partial charge on any atom is -0.376 e. The zero-order valence-electron chi connectivity index (χ0n) is 12.2. The molecule has 0 spiro atoms. The van der Waals surface area contributed by atoms with E-state index in [1.165, 1.54) is 25.8 Å². The van der Waals surface area contributed by atoms with E-state index in [1.807, 2.05) is 0 Å². The average Bonchev–Trinajstić information content (AvgIpc) is 2.91. The van der Waals surface area contributed by atoms with Crippen LogP contribution in [0.15, 0.2) is 5.10 Å². The molecule has 0 bridgehead atoms. The number of hydrazone groups is 1. The van der Waals surface area contributed by atoms with Crippen LogP contribution in [0.5, 0.6) is 0 Å². The lowest BCUT2D eigenvalue weighted by Crippen LogP contribution is -2.64. The number of rotatable bonds is 3. The summed E-state index contributed by atoms with van der Waals surface area (Å²) in [6.45, 7) is 3.76. The lowest BCUT2D eigenvalue weighted by atomic mass is 9.87. The summed E-state index contributed by atoms with van der Waals surface area (Å²) < 4.78 is 5.47. The average molecular weight is 298 g/mol. The molecule has 0 aromatic heterocycles. The van der Waals surface area contributed by atoms with Gasteiger partial charge < -0.3 is 4.74 Å². The van der Waals surface area contributed by atoms with E-state index in [0.29, 0.717) is 6.61 Å². The van der Waals surface area contributed by atoms with Gasteiger partial charge in [-0.3, -0.25) is 19.4 Å². The molecule has 2 aliphatic heterocycles. The second-order valence-electron chi connectivity index (χ2n) is 5.68. The summed E-state index contributed by atoms with van der Waals surface area (Å²) in [7, 11) is 1.38. The molecular formula is C12H18N4O5. The van der Waals surface area contributed by atoms with Gasteiger partial charge in [-0.2, -0.15) is 0 Å². The topological polar surface area (TPSA) is 105 Å². The fourth-order valence-corrected chi connectivity index (χ4v) is 2.56. The Bertz CT molecular complexity index is 510. The van der Waals surface area contributed by atoms with Crippen molar-refractivity contribution in [3.05, 3.63) is 10.1 Å². The molecule has 0 radical (unpaired) electrons. The lowest BCUT2D eigenvalue weighted by molar-refractivity contribution is -0.486. The molecule has 116 valence electrons. The van der Waals surface area contributed by atoms with Crippen LogP contribution in [0.25, 0.3) is 0 Å². The molecule has 9 heteroatoms. The normalized spacial score (nSPS) is 27.6. The molecule has 2 rings (SSSR count). The first-order valence-corrected chi connectivity index (χ1v) is 6.70. The molecule has 2 aliphatic rings. The number of ether oxygens (including phenoxy) is 1. The number of hydrogen-bond donors (Lipinski definition) is 0. The molecule has 0 aromatic rings. The first-order valence-electron chi connectivity index (χ1n) is 6.70. The summed E-state index contributed by atoms with van der Waals surface area (Å²) in [5, 5.41) is 13.0. The smallest absolute Gasteiger partial charge is 0.287 e. The van der Waals surface area contributed by atoms with Crippen molar-refractivity contribution >= 4 is 17.8 Å². The van der Waals surface area contributed by atoms with E-state index in [2.05, 4.69) is 5.10 Å². The Labute approximate surface area is 121 Å². The summed E-state index contributed by atoms with van der Waals surface area (Å²) >= 11 is 0. The molecule has 2 heterocycles. The molecule has 0 aliphatic carbocycles. The monoisotopic (exact) mass is 298 g/mol. The summed E-state index contributed by atoms with van der Waals surface area (Å²) in [6, 6.07) is 0. The van der Waals surface area contributed by atoms with E-state index >= 15 is 0 Å². The van der Waals surface area contributed by atoms with Crippen molar-refractivity contribution in [2.45, 2.75) is 32.8 Å². The van der Waals surface area contributed by atoms with Gasteiger partial charge in [-0.15, -0.1) is 0 Å². The molecule has 0 N–H and O–H groups in total. The second kappa shape index (κ2) is 5.40. The van der Waals surface area contributed by atoms with Crippen LogP contribution in [0.3, 0.4) is 0 Å². The predicted molar refractivity (Wildman–Crippen MR) is 71.7 cm³/mol. The third-order valence-corrected chi connectivity index (χ3v) is 3.74. The number of carbonyl (C=O) groups is 2. The first kappa shape index (κ1) is 15.4. The highest BCUT2D eigenvalue weighted by molar-refractivity contribution is 6.19. The number of carbonyl (C=O) groups excluding carboxylic acids is 2. The number of nitrogens with zero attached hydrogens (tertiary/aromatic N) is 4. The maximum atomic E-state index is 12.5. The zero-order valence-corrected chi connectivity index (χ0v) is 12.2.